The molecule has 0 aliphatic rings. The van der Waals surface area contributed by atoms with Gasteiger partial charge in [-0.15, -0.1) is 0 Å². The van der Waals surface area contributed by atoms with Gasteiger partial charge in [-0.2, -0.15) is 0 Å². The lowest BCUT2D eigenvalue weighted by atomic mass is 10.1. The fourth-order valence-corrected chi connectivity index (χ4v) is 2.75. The molecular formula is C20H17ClFNO2. The molecule has 0 aliphatic heterocycles. The summed E-state index contributed by atoms with van der Waals surface area (Å²) in [6, 6.07) is 17.6. The summed E-state index contributed by atoms with van der Waals surface area (Å²) in [7, 11) is 0. The SMILES string of the molecule is CCC(Oc1cccc2ccccc12)C(=O)Nc1ccc(F)c(Cl)c1. The number of hydrogen-bond acceptors (Lipinski definition) is 2. The van der Waals surface area contributed by atoms with Crippen LogP contribution in [-0.4, -0.2) is 12.0 Å². The van der Waals surface area contributed by atoms with Gasteiger partial charge in [0.05, 0.1) is 5.02 Å². The molecule has 0 aromatic heterocycles. The van der Waals surface area contributed by atoms with Crippen molar-refractivity contribution in [3.05, 3.63) is 71.5 Å². The van der Waals surface area contributed by atoms with Gasteiger partial charge in [-0.1, -0.05) is 54.9 Å². The van der Waals surface area contributed by atoms with E-state index in [4.69, 9.17) is 16.3 Å². The number of benzene rings is 3. The summed E-state index contributed by atoms with van der Waals surface area (Å²) >= 11 is 5.75. The maximum atomic E-state index is 13.2. The average Bonchev–Trinajstić information content (AvgIpc) is 2.62. The van der Waals surface area contributed by atoms with Crippen molar-refractivity contribution < 1.29 is 13.9 Å². The van der Waals surface area contributed by atoms with Gasteiger partial charge < -0.3 is 10.1 Å². The van der Waals surface area contributed by atoms with E-state index in [0.717, 1.165) is 10.8 Å². The summed E-state index contributed by atoms with van der Waals surface area (Å²) < 4.78 is 19.2. The van der Waals surface area contributed by atoms with Crippen molar-refractivity contribution in [1.82, 2.24) is 0 Å². The molecule has 0 spiro atoms. The predicted molar refractivity (Wildman–Crippen MR) is 98.7 cm³/mol. The molecule has 3 rings (SSSR count). The first-order valence-electron chi connectivity index (χ1n) is 7.99. The van der Waals surface area contributed by atoms with E-state index in [0.29, 0.717) is 17.9 Å². The van der Waals surface area contributed by atoms with Crippen LogP contribution in [0.4, 0.5) is 10.1 Å². The van der Waals surface area contributed by atoms with E-state index in [1.54, 1.807) is 0 Å². The highest BCUT2D eigenvalue weighted by Gasteiger charge is 2.19. The third kappa shape index (κ3) is 3.91. The van der Waals surface area contributed by atoms with E-state index in [2.05, 4.69) is 5.32 Å². The highest BCUT2D eigenvalue weighted by atomic mass is 35.5. The molecule has 1 N–H and O–H groups in total. The number of carbonyl (C=O) groups excluding carboxylic acids is 1. The van der Waals surface area contributed by atoms with Crippen molar-refractivity contribution in [2.75, 3.05) is 5.32 Å². The van der Waals surface area contributed by atoms with Crippen molar-refractivity contribution in [1.29, 1.82) is 0 Å². The van der Waals surface area contributed by atoms with Crippen LogP contribution < -0.4 is 10.1 Å². The van der Waals surface area contributed by atoms with Crippen LogP contribution in [-0.2, 0) is 4.79 Å². The Balaban J connectivity index is 1.79. The van der Waals surface area contributed by atoms with Crippen LogP contribution >= 0.6 is 11.6 Å². The van der Waals surface area contributed by atoms with E-state index in [-0.39, 0.29) is 10.9 Å². The van der Waals surface area contributed by atoms with Gasteiger partial charge in [-0.05, 0) is 36.1 Å². The second-order valence-electron chi connectivity index (χ2n) is 5.61. The van der Waals surface area contributed by atoms with E-state index in [1.165, 1.54) is 18.2 Å². The summed E-state index contributed by atoms with van der Waals surface area (Å²) in [6.45, 7) is 1.87. The number of ether oxygens (including phenoxy) is 1. The zero-order valence-corrected chi connectivity index (χ0v) is 14.4. The molecule has 1 amide bonds. The Bertz CT molecular complexity index is 908. The van der Waals surface area contributed by atoms with Gasteiger partial charge in [0.25, 0.3) is 5.91 Å². The van der Waals surface area contributed by atoms with Gasteiger partial charge in [-0.3, -0.25) is 4.79 Å². The van der Waals surface area contributed by atoms with Gasteiger partial charge in [0.2, 0.25) is 0 Å². The maximum Gasteiger partial charge on any atom is 0.265 e. The summed E-state index contributed by atoms with van der Waals surface area (Å²) in [5.41, 5.74) is 0.427. The average molecular weight is 358 g/mol. The minimum atomic E-state index is -0.672. The first-order valence-corrected chi connectivity index (χ1v) is 8.36. The second-order valence-corrected chi connectivity index (χ2v) is 6.02. The normalized spacial score (nSPS) is 12.0. The van der Waals surface area contributed by atoms with Crippen molar-refractivity contribution in [3.8, 4) is 5.75 Å². The van der Waals surface area contributed by atoms with Crippen molar-refractivity contribution >= 4 is 34.0 Å². The molecule has 1 atom stereocenters. The standard InChI is InChI=1S/C20H17ClFNO2/c1-2-18(20(24)23-14-10-11-17(22)16(21)12-14)25-19-9-5-7-13-6-3-4-8-15(13)19/h3-12,18H,2H2,1H3,(H,23,24). The van der Waals surface area contributed by atoms with Crippen LogP contribution in [0.2, 0.25) is 5.02 Å². The molecule has 3 aromatic rings. The minimum absolute atomic E-state index is 0.0409. The van der Waals surface area contributed by atoms with Crippen LogP contribution in [0.25, 0.3) is 10.8 Å². The number of amides is 1. The van der Waals surface area contributed by atoms with Gasteiger partial charge >= 0.3 is 0 Å². The minimum Gasteiger partial charge on any atom is -0.480 e. The largest absolute Gasteiger partial charge is 0.480 e. The van der Waals surface area contributed by atoms with Crippen LogP contribution in [0.15, 0.2) is 60.7 Å². The van der Waals surface area contributed by atoms with E-state index in [9.17, 15) is 9.18 Å². The molecular weight excluding hydrogens is 341 g/mol. The summed E-state index contributed by atoms with van der Waals surface area (Å²) in [6.07, 6.45) is -0.182. The molecule has 1 unspecified atom stereocenters. The van der Waals surface area contributed by atoms with Gasteiger partial charge in [0.1, 0.15) is 11.6 Å². The number of anilines is 1. The molecule has 25 heavy (non-hydrogen) atoms. The third-order valence-electron chi connectivity index (χ3n) is 3.87. The van der Waals surface area contributed by atoms with Gasteiger partial charge in [0.15, 0.2) is 6.10 Å². The monoisotopic (exact) mass is 357 g/mol. The second kappa shape index (κ2) is 7.53. The lowest BCUT2D eigenvalue weighted by Gasteiger charge is -2.18. The van der Waals surface area contributed by atoms with Gasteiger partial charge in [0, 0.05) is 11.1 Å². The number of hydrogen-bond donors (Lipinski definition) is 1. The number of fused-ring (bicyclic) bond motifs is 1. The smallest absolute Gasteiger partial charge is 0.265 e. The highest BCUT2D eigenvalue weighted by Crippen LogP contribution is 2.27. The van der Waals surface area contributed by atoms with Crippen molar-refractivity contribution in [2.24, 2.45) is 0 Å². The highest BCUT2D eigenvalue weighted by molar-refractivity contribution is 6.31. The Morgan fingerprint density at radius 1 is 1.16 bits per heavy atom. The zero-order valence-electron chi connectivity index (χ0n) is 13.6. The van der Waals surface area contributed by atoms with Crippen LogP contribution in [0.3, 0.4) is 0 Å². The Morgan fingerprint density at radius 3 is 2.68 bits per heavy atom. The fourth-order valence-electron chi connectivity index (χ4n) is 2.57. The topological polar surface area (TPSA) is 38.3 Å². The molecule has 0 saturated carbocycles. The van der Waals surface area contributed by atoms with Crippen LogP contribution in [0.1, 0.15) is 13.3 Å². The third-order valence-corrected chi connectivity index (χ3v) is 4.16. The number of carbonyl (C=O) groups is 1. The van der Waals surface area contributed by atoms with E-state index in [1.807, 2.05) is 49.4 Å². The molecule has 3 nitrogen and oxygen atoms in total. The van der Waals surface area contributed by atoms with Gasteiger partial charge in [-0.25, -0.2) is 4.39 Å². The molecule has 0 bridgehead atoms. The number of rotatable bonds is 5. The van der Waals surface area contributed by atoms with E-state index >= 15 is 0 Å². The molecule has 0 saturated heterocycles. The van der Waals surface area contributed by atoms with Crippen LogP contribution in [0, 0.1) is 5.82 Å². The quantitative estimate of drug-likeness (QED) is 0.661. The first-order chi connectivity index (χ1) is 12.1. The lowest BCUT2D eigenvalue weighted by Crippen LogP contribution is -2.32. The summed E-state index contributed by atoms with van der Waals surface area (Å²) in [5.74, 6) is -0.186. The number of halogens is 2. The fraction of sp³-hybridized carbons (Fsp3) is 0.150. The molecule has 0 heterocycles. The Hall–Kier alpha value is -2.59. The molecule has 0 radical (unpaired) electrons. The molecule has 128 valence electrons. The number of nitrogens with one attached hydrogen (secondary N) is 1. The first kappa shape index (κ1) is 17.2. The predicted octanol–water partition coefficient (Wildman–Crippen LogP) is 5.43. The van der Waals surface area contributed by atoms with Crippen molar-refractivity contribution in [2.45, 2.75) is 19.4 Å². The Labute approximate surface area is 150 Å². The lowest BCUT2D eigenvalue weighted by molar-refractivity contribution is -0.122. The van der Waals surface area contributed by atoms with E-state index < -0.39 is 11.9 Å². The molecule has 5 heteroatoms. The molecule has 0 fully saturated rings. The molecule has 3 aromatic carbocycles. The Morgan fingerprint density at radius 2 is 1.92 bits per heavy atom. The maximum absolute atomic E-state index is 13.2. The van der Waals surface area contributed by atoms with Crippen LogP contribution in [0.5, 0.6) is 5.75 Å². The van der Waals surface area contributed by atoms with Crippen molar-refractivity contribution in [3.63, 3.8) is 0 Å². The molecule has 0 aliphatic carbocycles. The zero-order chi connectivity index (χ0) is 17.8. The summed E-state index contributed by atoms with van der Waals surface area (Å²) in [5, 5.41) is 4.66. The summed E-state index contributed by atoms with van der Waals surface area (Å²) in [4.78, 5) is 12.5. The Kier molecular flexibility index (Phi) is 5.19.